The van der Waals surface area contributed by atoms with Crippen LogP contribution in [0, 0.1) is 12.8 Å². The number of nitrogens with zero attached hydrogens (tertiary/aromatic N) is 4. The number of ether oxygens (including phenoxy) is 1. The van der Waals surface area contributed by atoms with Gasteiger partial charge in [0, 0.05) is 25.1 Å². The summed E-state index contributed by atoms with van der Waals surface area (Å²) in [6.45, 7) is 5.41. The van der Waals surface area contributed by atoms with Gasteiger partial charge in [-0.05, 0) is 25.3 Å². The minimum absolute atomic E-state index is 0. The van der Waals surface area contributed by atoms with Crippen LogP contribution in [0.2, 0.25) is 0 Å². The Bertz CT molecular complexity index is 820. The Balaban J connectivity index is 0.00000210. The number of aryl methyl sites for hydroxylation is 1. The molecule has 1 aliphatic heterocycles. The highest BCUT2D eigenvalue weighted by Gasteiger charge is 2.34. The van der Waals surface area contributed by atoms with Crippen molar-refractivity contribution in [2.45, 2.75) is 45.3 Å². The number of rotatable bonds is 4. The van der Waals surface area contributed by atoms with Gasteiger partial charge in [-0.3, -0.25) is 0 Å². The fourth-order valence-electron chi connectivity index (χ4n) is 3.23. The summed E-state index contributed by atoms with van der Waals surface area (Å²) in [6.07, 6.45) is 2.11. The van der Waals surface area contributed by atoms with E-state index >= 15 is 0 Å². The van der Waals surface area contributed by atoms with E-state index in [4.69, 9.17) is 9.73 Å². The number of benzene rings is 1. The number of fused-ring (bicyclic) bond motifs is 1. The summed E-state index contributed by atoms with van der Waals surface area (Å²) in [5.41, 5.74) is 1.19. The standard InChI is InChI=1S/C19H26N6O.HI/c1-12-10-16(12)22-19(20-11-18-24-23-13(2)25(18)3)21-15-8-9-26-17-7-5-4-6-14(15)17;/h4-7,12,15-16H,8-11H2,1-3H3,(H2,20,21,22);1H. The second kappa shape index (κ2) is 8.45. The molecule has 2 aliphatic rings. The average Bonchev–Trinajstić information content (AvgIpc) is 3.25. The van der Waals surface area contributed by atoms with E-state index in [1.165, 1.54) is 12.0 Å². The van der Waals surface area contributed by atoms with E-state index in [9.17, 15) is 0 Å². The molecule has 2 heterocycles. The molecule has 1 aromatic heterocycles. The number of hydrogen-bond acceptors (Lipinski definition) is 4. The summed E-state index contributed by atoms with van der Waals surface area (Å²) < 4.78 is 7.75. The highest BCUT2D eigenvalue weighted by atomic mass is 127. The van der Waals surface area contributed by atoms with Crippen molar-refractivity contribution in [1.29, 1.82) is 0 Å². The average molecular weight is 482 g/mol. The Morgan fingerprint density at radius 3 is 2.78 bits per heavy atom. The molecule has 146 valence electrons. The van der Waals surface area contributed by atoms with E-state index in [0.717, 1.165) is 29.8 Å². The van der Waals surface area contributed by atoms with Crippen LogP contribution in [0.1, 0.15) is 43.0 Å². The first-order valence-electron chi connectivity index (χ1n) is 9.26. The minimum Gasteiger partial charge on any atom is -0.493 e. The lowest BCUT2D eigenvalue weighted by Gasteiger charge is -2.28. The first-order valence-corrected chi connectivity index (χ1v) is 9.26. The number of guanidine groups is 1. The van der Waals surface area contributed by atoms with Crippen LogP contribution in [0.5, 0.6) is 5.75 Å². The first kappa shape index (κ1) is 19.9. The molecule has 3 unspecified atom stereocenters. The van der Waals surface area contributed by atoms with Crippen LogP contribution in [0.25, 0.3) is 0 Å². The molecule has 2 aromatic rings. The summed E-state index contributed by atoms with van der Waals surface area (Å²) in [7, 11) is 1.97. The van der Waals surface area contributed by atoms with E-state index in [1.54, 1.807) is 0 Å². The molecule has 0 amide bonds. The van der Waals surface area contributed by atoms with Crippen molar-refractivity contribution >= 4 is 29.9 Å². The van der Waals surface area contributed by atoms with Crippen LogP contribution < -0.4 is 15.4 Å². The maximum absolute atomic E-state index is 5.77. The fourth-order valence-corrected chi connectivity index (χ4v) is 3.23. The molecule has 0 spiro atoms. The van der Waals surface area contributed by atoms with Crippen molar-refractivity contribution in [3.63, 3.8) is 0 Å². The third kappa shape index (κ3) is 4.53. The highest BCUT2D eigenvalue weighted by Crippen LogP contribution is 2.32. The third-order valence-corrected chi connectivity index (χ3v) is 5.26. The molecule has 27 heavy (non-hydrogen) atoms. The van der Waals surface area contributed by atoms with E-state index in [-0.39, 0.29) is 30.0 Å². The SMILES string of the molecule is Cc1nnc(CN=C(NC2CCOc3ccccc32)NC2CC2C)n1C.I. The Kier molecular flexibility index (Phi) is 6.23. The number of halogens is 1. The molecule has 0 bridgehead atoms. The van der Waals surface area contributed by atoms with Gasteiger partial charge >= 0.3 is 0 Å². The second-order valence-corrected chi connectivity index (χ2v) is 7.22. The van der Waals surface area contributed by atoms with Gasteiger partial charge in [-0.2, -0.15) is 0 Å². The van der Waals surface area contributed by atoms with E-state index in [1.807, 2.05) is 30.7 Å². The lowest BCUT2D eigenvalue weighted by molar-refractivity contribution is 0.261. The monoisotopic (exact) mass is 482 g/mol. The van der Waals surface area contributed by atoms with Crippen molar-refractivity contribution in [2.24, 2.45) is 18.0 Å². The van der Waals surface area contributed by atoms with E-state index < -0.39 is 0 Å². The molecule has 7 nitrogen and oxygen atoms in total. The molecule has 1 fully saturated rings. The van der Waals surface area contributed by atoms with Crippen LogP contribution in [-0.2, 0) is 13.6 Å². The van der Waals surface area contributed by atoms with Crippen molar-refractivity contribution in [3.05, 3.63) is 41.5 Å². The van der Waals surface area contributed by atoms with Gasteiger partial charge in [0.1, 0.15) is 18.1 Å². The normalized spacial score (nSPS) is 23.7. The maximum atomic E-state index is 5.77. The fraction of sp³-hybridized carbons (Fsp3) is 0.526. The van der Waals surface area contributed by atoms with Gasteiger partial charge in [0.25, 0.3) is 0 Å². The van der Waals surface area contributed by atoms with Crippen LogP contribution in [0.3, 0.4) is 0 Å². The molecule has 1 saturated carbocycles. The van der Waals surface area contributed by atoms with Crippen LogP contribution in [0.15, 0.2) is 29.3 Å². The predicted molar refractivity (Wildman–Crippen MR) is 115 cm³/mol. The van der Waals surface area contributed by atoms with Crippen LogP contribution in [-0.4, -0.2) is 33.4 Å². The van der Waals surface area contributed by atoms with Gasteiger partial charge in [0.05, 0.1) is 12.6 Å². The zero-order valence-corrected chi connectivity index (χ0v) is 18.3. The third-order valence-electron chi connectivity index (χ3n) is 5.26. The number of hydrogen-bond donors (Lipinski definition) is 2. The number of aromatic nitrogens is 3. The number of aliphatic imine (C=N–C) groups is 1. The summed E-state index contributed by atoms with van der Waals surface area (Å²) in [5.74, 6) is 4.24. The quantitative estimate of drug-likeness (QED) is 0.398. The van der Waals surface area contributed by atoms with Gasteiger partial charge in [0.2, 0.25) is 0 Å². The molecule has 8 heteroatoms. The topological polar surface area (TPSA) is 76.4 Å². The second-order valence-electron chi connectivity index (χ2n) is 7.22. The van der Waals surface area contributed by atoms with Crippen molar-refractivity contribution in [1.82, 2.24) is 25.4 Å². The summed E-state index contributed by atoms with van der Waals surface area (Å²) >= 11 is 0. The maximum Gasteiger partial charge on any atom is 0.192 e. The number of para-hydroxylation sites is 1. The number of nitrogens with one attached hydrogen (secondary N) is 2. The van der Waals surface area contributed by atoms with Crippen molar-refractivity contribution in [2.75, 3.05) is 6.61 Å². The summed E-state index contributed by atoms with van der Waals surface area (Å²) in [5, 5.41) is 15.5. The lowest BCUT2D eigenvalue weighted by atomic mass is 10.0. The van der Waals surface area contributed by atoms with Gasteiger partial charge in [0.15, 0.2) is 11.8 Å². The lowest BCUT2D eigenvalue weighted by Crippen LogP contribution is -2.42. The van der Waals surface area contributed by atoms with Gasteiger partial charge in [-0.25, -0.2) is 4.99 Å². The largest absolute Gasteiger partial charge is 0.493 e. The van der Waals surface area contributed by atoms with E-state index in [0.29, 0.717) is 25.1 Å². The zero-order valence-electron chi connectivity index (χ0n) is 16.0. The molecule has 2 N–H and O–H groups in total. The Hall–Kier alpha value is -1.84. The molecule has 0 saturated heterocycles. The van der Waals surface area contributed by atoms with Gasteiger partial charge in [-0.15, -0.1) is 34.2 Å². The zero-order chi connectivity index (χ0) is 18.1. The van der Waals surface area contributed by atoms with Crippen molar-refractivity contribution in [3.8, 4) is 5.75 Å². The van der Waals surface area contributed by atoms with Crippen molar-refractivity contribution < 1.29 is 4.74 Å². The molecular formula is C19H27IN6O. The summed E-state index contributed by atoms with van der Waals surface area (Å²) in [6, 6.07) is 8.90. The first-order chi connectivity index (χ1) is 12.6. The van der Waals surface area contributed by atoms with Crippen LogP contribution >= 0.6 is 24.0 Å². The highest BCUT2D eigenvalue weighted by molar-refractivity contribution is 14.0. The van der Waals surface area contributed by atoms with Gasteiger partial charge < -0.3 is 19.9 Å². The smallest absolute Gasteiger partial charge is 0.192 e. The molecule has 3 atom stereocenters. The van der Waals surface area contributed by atoms with Gasteiger partial charge in [-0.1, -0.05) is 25.1 Å². The minimum atomic E-state index is 0. The summed E-state index contributed by atoms with van der Waals surface area (Å²) in [4.78, 5) is 4.78. The molecule has 1 aliphatic carbocycles. The molecule has 1 aromatic carbocycles. The Morgan fingerprint density at radius 1 is 1.30 bits per heavy atom. The predicted octanol–water partition coefficient (Wildman–Crippen LogP) is 2.71. The molecular weight excluding hydrogens is 455 g/mol. The Morgan fingerprint density at radius 2 is 2.07 bits per heavy atom. The molecule has 4 rings (SSSR count). The van der Waals surface area contributed by atoms with Crippen LogP contribution in [0.4, 0.5) is 0 Å². The van der Waals surface area contributed by atoms with E-state index in [2.05, 4.69) is 39.9 Å². The molecule has 0 radical (unpaired) electrons. The Labute approximate surface area is 177 Å².